The first kappa shape index (κ1) is 14.5. The van der Waals surface area contributed by atoms with Gasteiger partial charge in [-0.1, -0.05) is 11.6 Å². The van der Waals surface area contributed by atoms with Crippen LogP contribution in [0.2, 0.25) is 5.02 Å². The number of ether oxygens (including phenoxy) is 2. The summed E-state index contributed by atoms with van der Waals surface area (Å²) < 4.78 is 10.4. The highest BCUT2D eigenvalue weighted by Gasteiger charge is 2.53. The predicted octanol–water partition coefficient (Wildman–Crippen LogP) is 1.95. The van der Waals surface area contributed by atoms with Crippen molar-refractivity contribution < 1.29 is 19.4 Å². The topological polar surface area (TPSA) is 59.0 Å². The molecule has 6 heteroatoms. The molecule has 2 aliphatic rings. The predicted molar refractivity (Wildman–Crippen MR) is 78.1 cm³/mol. The van der Waals surface area contributed by atoms with Gasteiger partial charge in [-0.25, -0.2) is 0 Å². The van der Waals surface area contributed by atoms with E-state index in [4.69, 9.17) is 21.1 Å². The molecule has 1 heterocycles. The summed E-state index contributed by atoms with van der Waals surface area (Å²) in [5.41, 5.74) is -0.244. The lowest BCUT2D eigenvalue weighted by molar-refractivity contribution is -0.0958. The van der Waals surface area contributed by atoms with E-state index in [-0.39, 0.29) is 5.91 Å². The van der Waals surface area contributed by atoms with Gasteiger partial charge in [-0.05, 0) is 30.9 Å². The quantitative estimate of drug-likeness (QED) is 0.923. The molecule has 0 unspecified atom stereocenters. The first-order valence-electron chi connectivity index (χ1n) is 6.91. The summed E-state index contributed by atoms with van der Waals surface area (Å²) in [5, 5.41) is 10.6. The second-order valence-electron chi connectivity index (χ2n) is 5.73. The summed E-state index contributed by atoms with van der Waals surface area (Å²) in [6, 6.07) is 3.18. The zero-order chi connectivity index (χ0) is 15.2. The molecule has 0 radical (unpaired) electrons. The molecule has 1 amide bonds. The van der Waals surface area contributed by atoms with Gasteiger partial charge in [0.15, 0.2) is 11.5 Å². The summed E-state index contributed by atoms with van der Waals surface area (Å²) in [6.07, 6.45) is 2.11. The van der Waals surface area contributed by atoms with E-state index in [0.717, 1.165) is 12.8 Å². The lowest BCUT2D eigenvalue weighted by Gasteiger charge is -2.47. The van der Waals surface area contributed by atoms with E-state index in [1.165, 1.54) is 14.2 Å². The summed E-state index contributed by atoms with van der Waals surface area (Å²) in [4.78, 5) is 14.1. The molecule has 1 saturated heterocycles. The second-order valence-corrected chi connectivity index (χ2v) is 6.14. The van der Waals surface area contributed by atoms with Crippen LogP contribution in [0.3, 0.4) is 0 Å². The number of aliphatic hydroxyl groups is 1. The standard InChI is InChI=1S/C15H18ClNO4/c1-20-12-6-9(5-11(16)13(12)21-2)14(18)17-7-15(19,8-17)10-3-4-10/h5-6,10,19H,3-4,7-8H2,1-2H3. The fourth-order valence-electron chi connectivity index (χ4n) is 2.86. The molecular formula is C15H18ClNO4. The number of nitrogens with zero attached hydrogens (tertiary/aromatic N) is 1. The molecular weight excluding hydrogens is 294 g/mol. The van der Waals surface area contributed by atoms with E-state index < -0.39 is 5.60 Å². The smallest absolute Gasteiger partial charge is 0.254 e. The number of hydrogen-bond donors (Lipinski definition) is 1. The van der Waals surface area contributed by atoms with Crippen molar-refractivity contribution in [3.63, 3.8) is 0 Å². The zero-order valence-corrected chi connectivity index (χ0v) is 12.8. The van der Waals surface area contributed by atoms with Crippen molar-refractivity contribution >= 4 is 17.5 Å². The Morgan fingerprint density at radius 3 is 2.52 bits per heavy atom. The van der Waals surface area contributed by atoms with Crippen molar-refractivity contribution in [2.45, 2.75) is 18.4 Å². The minimum atomic E-state index is -0.685. The maximum atomic E-state index is 12.4. The second kappa shape index (κ2) is 5.07. The van der Waals surface area contributed by atoms with E-state index >= 15 is 0 Å². The van der Waals surface area contributed by atoms with Crippen molar-refractivity contribution in [1.29, 1.82) is 0 Å². The fraction of sp³-hybridized carbons (Fsp3) is 0.533. The third kappa shape index (κ3) is 2.45. The fourth-order valence-corrected chi connectivity index (χ4v) is 3.15. The number of carbonyl (C=O) groups is 1. The van der Waals surface area contributed by atoms with Crippen LogP contribution in [0.5, 0.6) is 11.5 Å². The molecule has 0 aromatic heterocycles. The first-order valence-corrected chi connectivity index (χ1v) is 7.29. The Labute approximate surface area is 128 Å². The lowest BCUT2D eigenvalue weighted by Crippen LogP contribution is -2.64. The van der Waals surface area contributed by atoms with Gasteiger partial charge in [0.25, 0.3) is 5.91 Å². The van der Waals surface area contributed by atoms with Crippen molar-refractivity contribution in [2.75, 3.05) is 27.3 Å². The number of hydrogen-bond acceptors (Lipinski definition) is 4. The molecule has 0 atom stereocenters. The summed E-state index contributed by atoms with van der Waals surface area (Å²) in [7, 11) is 2.99. The van der Waals surface area contributed by atoms with Gasteiger partial charge in [-0.15, -0.1) is 0 Å². The van der Waals surface area contributed by atoms with Crippen LogP contribution in [0.4, 0.5) is 0 Å². The molecule has 114 valence electrons. The molecule has 5 nitrogen and oxygen atoms in total. The van der Waals surface area contributed by atoms with Crippen molar-refractivity contribution in [1.82, 2.24) is 4.90 Å². The van der Waals surface area contributed by atoms with Crippen LogP contribution in [0.25, 0.3) is 0 Å². The Bertz CT molecular complexity index is 579. The van der Waals surface area contributed by atoms with Crippen LogP contribution in [0.1, 0.15) is 23.2 Å². The number of amides is 1. The van der Waals surface area contributed by atoms with Gasteiger partial charge in [0.1, 0.15) is 5.60 Å². The van der Waals surface area contributed by atoms with Crippen molar-refractivity contribution in [3.05, 3.63) is 22.7 Å². The Morgan fingerprint density at radius 2 is 2.00 bits per heavy atom. The number of carbonyl (C=O) groups excluding carboxylic acids is 1. The number of methoxy groups -OCH3 is 2. The molecule has 1 aromatic rings. The highest BCUT2D eigenvalue weighted by Crippen LogP contribution is 2.45. The number of benzene rings is 1. The number of likely N-dealkylation sites (tertiary alicyclic amines) is 1. The van der Waals surface area contributed by atoms with Crippen LogP contribution < -0.4 is 9.47 Å². The van der Waals surface area contributed by atoms with Gasteiger partial charge < -0.3 is 19.5 Å². The van der Waals surface area contributed by atoms with Crippen molar-refractivity contribution in [3.8, 4) is 11.5 Å². The molecule has 1 aliphatic carbocycles. The zero-order valence-electron chi connectivity index (χ0n) is 12.1. The van der Waals surface area contributed by atoms with Crippen LogP contribution in [-0.2, 0) is 0 Å². The average Bonchev–Trinajstić information content (AvgIpc) is 3.26. The molecule has 1 N–H and O–H groups in total. The molecule has 0 spiro atoms. The van der Waals surface area contributed by atoms with E-state index in [0.29, 0.717) is 41.1 Å². The maximum Gasteiger partial charge on any atom is 0.254 e. The number of halogens is 1. The van der Waals surface area contributed by atoms with Crippen LogP contribution >= 0.6 is 11.6 Å². The lowest BCUT2D eigenvalue weighted by atomic mass is 9.88. The number of β-amino-alcohol motifs (C(OH)–C–C–N with tert-alkyl or cyclic N) is 1. The third-order valence-corrected chi connectivity index (χ3v) is 4.52. The number of rotatable bonds is 4. The summed E-state index contributed by atoms with van der Waals surface area (Å²) in [5.74, 6) is 1.04. The molecule has 0 bridgehead atoms. The van der Waals surface area contributed by atoms with E-state index in [9.17, 15) is 9.90 Å². The van der Waals surface area contributed by atoms with Gasteiger partial charge >= 0.3 is 0 Å². The van der Waals surface area contributed by atoms with E-state index in [1.807, 2.05) is 0 Å². The molecule has 21 heavy (non-hydrogen) atoms. The van der Waals surface area contributed by atoms with Gasteiger partial charge in [0, 0.05) is 5.56 Å². The Balaban J connectivity index is 1.78. The van der Waals surface area contributed by atoms with Crippen LogP contribution in [0.15, 0.2) is 12.1 Å². The van der Waals surface area contributed by atoms with Gasteiger partial charge in [-0.2, -0.15) is 0 Å². The first-order chi connectivity index (χ1) is 9.98. The Hall–Kier alpha value is -1.46. The summed E-state index contributed by atoms with van der Waals surface area (Å²) >= 11 is 6.11. The SMILES string of the molecule is COc1cc(C(=O)N2CC(O)(C3CC3)C2)cc(Cl)c1OC. The molecule has 1 aliphatic heterocycles. The van der Waals surface area contributed by atoms with E-state index in [2.05, 4.69) is 0 Å². The third-order valence-electron chi connectivity index (χ3n) is 4.23. The highest BCUT2D eigenvalue weighted by molar-refractivity contribution is 6.32. The molecule has 1 aromatic carbocycles. The molecule has 3 rings (SSSR count). The van der Waals surface area contributed by atoms with Crippen molar-refractivity contribution in [2.24, 2.45) is 5.92 Å². The summed E-state index contributed by atoms with van der Waals surface area (Å²) in [6.45, 7) is 0.783. The van der Waals surface area contributed by atoms with Crippen LogP contribution in [-0.4, -0.2) is 48.8 Å². The van der Waals surface area contributed by atoms with Gasteiger partial charge in [0.2, 0.25) is 0 Å². The Morgan fingerprint density at radius 1 is 1.33 bits per heavy atom. The normalized spacial score (nSPS) is 19.9. The van der Waals surface area contributed by atoms with Gasteiger partial charge in [0.05, 0.1) is 32.3 Å². The highest BCUT2D eigenvalue weighted by atomic mass is 35.5. The van der Waals surface area contributed by atoms with E-state index in [1.54, 1.807) is 17.0 Å². The molecule has 2 fully saturated rings. The molecule has 1 saturated carbocycles. The van der Waals surface area contributed by atoms with Crippen LogP contribution in [0, 0.1) is 5.92 Å². The largest absolute Gasteiger partial charge is 0.493 e. The minimum absolute atomic E-state index is 0.150. The Kier molecular flexibility index (Phi) is 3.50. The van der Waals surface area contributed by atoms with Gasteiger partial charge in [-0.3, -0.25) is 4.79 Å². The minimum Gasteiger partial charge on any atom is -0.493 e. The monoisotopic (exact) mass is 311 g/mol. The maximum absolute atomic E-state index is 12.4. The average molecular weight is 312 g/mol.